The zero-order valence-electron chi connectivity index (χ0n) is 27.1. The third kappa shape index (κ3) is 7.53. The number of aliphatic hydroxyl groups is 1. The number of pyridine rings is 1. The summed E-state index contributed by atoms with van der Waals surface area (Å²) < 4.78 is 5.94. The SMILES string of the molecule is COc1c(C)cc2cccnc2c1N1CCCN(C(CC(=O)NCCN2CCCC2)c2csc(N3CCC(C)(O)CC3)n2)CC1. The summed E-state index contributed by atoms with van der Waals surface area (Å²) in [5, 5.41) is 17.9. The number of likely N-dealkylation sites (tertiary alicyclic amines) is 1. The molecule has 5 heterocycles. The van der Waals surface area contributed by atoms with Crippen LogP contribution in [0.2, 0.25) is 0 Å². The number of hydrogen-bond donors (Lipinski definition) is 2. The maximum absolute atomic E-state index is 13.4. The molecule has 11 heteroatoms. The van der Waals surface area contributed by atoms with Crippen LogP contribution in [0.4, 0.5) is 10.8 Å². The van der Waals surface area contributed by atoms with Crippen LogP contribution in [0.1, 0.15) is 62.7 Å². The number of anilines is 2. The van der Waals surface area contributed by atoms with E-state index in [-0.39, 0.29) is 11.9 Å². The Morgan fingerprint density at radius 3 is 2.67 bits per heavy atom. The molecule has 45 heavy (non-hydrogen) atoms. The number of rotatable bonds is 10. The number of carbonyl (C=O) groups excluding carboxylic acids is 1. The summed E-state index contributed by atoms with van der Waals surface area (Å²) in [6.07, 6.45) is 7.17. The number of carbonyl (C=O) groups is 1. The normalized spacial score (nSPS) is 20.4. The number of piperidine rings is 1. The highest BCUT2D eigenvalue weighted by Crippen LogP contribution is 2.39. The van der Waals surface area contributed by atoms with Crippen molar-refractivity contribution in [1.82, 2.24) is 25.1 Å². The monoisotopic (exact) mass is 635 g/mol. The highest BCUT2D eigenvalue weighted by molar-refractivity contribution is 7.13. The van der Waals surface area contributed by atoms with Gasteiger partial charge in [0.1, 0.15) is 11.4 Å². The van der Waals surface area contributed by atoms with E-state index in [1.54, 1.807) is 18.4 Å². The van der Waals surface area contributed by atoms with Gasteiger partial charge in [0.2, 0.25) is 5.91 Å². The Morgan fingerprint density at radius 2 is 1.89 bits per heavy atom. The minimum Gasteiger partial charge on any atom is -0.494 e. The number of thiazole rings is 1. The van der Waals surface area contributed by atoms with Crippen molar-refractivity contribution in [2.45, 2.75) is 64.0 Å². The first-order valence-corrected chi connectivity index (χ1v) is 17.5. The molecule has 244 valence electrons. The average Bonchev–Trinajstić information content (AvgIpc) is 3.67. The van der Waals surface area contributed by atoms with Crippen LogP contribution >= 0.6 is 11.3 Å². The van der Waals surface area contributed by atoms with Gasteiger partial charge in [0.25, 0.3) is 0 Å². The van der Waals surface area contributed by atoms with Gasteiger partial charge in [-0.15, -0.1) is 11.3 Å². The van der Waals surface area contributed by atoms with Gasteiger partial charge in [-0.2, -0.15) is 0 Å². The smallest absolute Gasteiger partial charge is 0.222 e. The van der Waals surface area contributed by atoms with Gasteiger partial charge in [-0.05, 0) is 76.7 Å². The molecule has 2 aromatic heterocycles. The molecule has 0 radical (unpaired) electrons. The molecule has 3 aromatic rings. The lowest BCUT2D eigenvalue weighted by Gasteiger charge is -2.35. The molecule has 1 unspecified atom stereocenters. The van der Waals surface area contributed by atoms with Gasteiger partial charge in [0, 0.05) is 75.7 Å². The van der Waals surface area contributed by atoms with E-state index in [0.717, 1.165) is 117 Å². The molecule has 10 nitrogen and oxygen atoms in total. The van der Waals surface area contributed by atoms with Crippen LogP contribution in [0.3, 0.4) is 0 Å². The zero-order valence-corrected chi connectivity index (χ0v) is 27.9. The summed E-state index contributed by atoms with van der Waals surface area (Å²) in [5.74, 6) is 0.965. The molecule has 6 rings (SSSR count). The van der Waals surface area contributed by atoms with Crippen molar-refractivity contribution in [3.63, 3.8) is 0 Å². The van der Waals surface area contributed by atoms with Gasteiger partial charge >= 0.3 is 0 Å². The average molecular weight is 636 g/mol. The van der Waals surface area contributed by atoms with E-state index in [1.165, 1.54) is 12.8 Å². The van der Waals surface area contributed by atoms with Gasteiger partial charge in [-0.3, -0.25) is 14.7 Å². The van der Waals surface area contributed by atoms with Crippen LogP contribution in [0.25, 0.3) is 10.9 Å². The van der Waals surface area contributed by atoms with Crippen molar-refractivity contribution in [2.24, 2.45) is 0 Å². The lowest BCUT2D eigenvalue weighted by Crippen LogP contribution is -2.42. The molecule has 3 fully saturated rings. The molecule has 0 aliphatic carbocycles. The molecule has 1 atom stereocenters. The summed E-state index contributed by atoms with van der Waals surface area (Å²) >= 11 is 1.65. The molecule has 3 aliphatic heterocycles. The standard InChI is InChI=1S/C34H49N7O3S/c1-25-22-26-8-6-11-36-30(26)31(32(25)44-3)40-16-7-15-39(20-21-40)28(23-29(42)35-12-19-38-13-4-5-14-38)27-24-45-33(37-27)41-17-9-34(2,43)10-18-41/h6,8,11,22,24,28,43H,4-5,7,9-10,12-21,23H2,1-3H3,(H,35,42). The number of nitrogens with one attached hydrogen (secondary N) is 1. The molecule has 1 aromatic carbocycles. The number of methoxy groups -OCH3 is 1. The molecule has 1 amide bonds. The Kier molecular flexibility index (Phi) is 10.1. The second kappa shape index (κ2) is 14.2. The van der Waals surface area contributed by atoms with Crippen LogP contribution < -0.4 is 19.9 Å². The highest BCUT2D eigenvalue weighted by atomic mass is 32.1. The van der Waals surface area contributed by atoms with Crippen LogP contribution in [0, 0.1) is 6.92 Å². The van der Waals surface area contributed by atoms with Crippen LogP contribution in [-0.4, -0.2) is 109 Å². The second-order valence-electron chi connectivity index (χ2n) is 13.2. The second-order valence-corrected chi connectivity index (χ2v) is 14.0. The molecule has 3 aliphatic rings. The van der Waals surface area contributed by atoms with Crippen LogP contribution in [0.15, 0.2) is 29.8 Å². The Balaban J connectivity index is 1.20. The number of nitrogens with zero attached hydrogens (tertiary/aromatic N) is 6. The van der Waals surface area contributed by atoms with E-state index < -0.39 is 5.60 Å². The van der Waals surface area contributed by atoms with Crippen LogP contribution in [-0.2, 0) is 4.79 Å². The number of ether oxygens (including phenoxy) is 1. The van der Waals surface area contributed by atoms with E-state index >= 15 is 0 Å². The van der Waals surface area contributed by atoms with Gasteiger partial charge in [0.05, 0.1) is 30.0 Å². The predicted octanol–water partition coefficient (Wildman–Crippen LogP) is 4.22. The molecule has 0 saturated carbocycles. The van der Waals surface area contributed by atoms with Crippen LogP contribution in [0.5, 0.6) is 5.75 Å². The third-order valence-corrected chi connectivity index (χ3v) is 10.7. The Hall–Kier alpha value is -2.99. The fourth-order valence-corrected chi connectivity index (χ4v) is 8.06. The molecule has 0 spiro atoms. The van der Waals surface area contributed by atoms with Crippen molar-refractivity contribution in [3.8, 4) is 5.75 Å². The first kappa shape index (κ1) is 32.0. The maximum atomic E-state index is 13.4. The first-order chi connectivity index (χ1) is 21.8. The summed E-state index contributed by atoms with van der Waals surface area (Å²) in [7, 11) is 1.74. The highest BCUT2D eigenvalue weighted by Gasteiger charge is 2.32. The van der Waals surface area contributed by atoms with Gasteiger partial charge in [-0.25, -0.2) is 4.98 Å². The summed E-state index contributed by atoms with van der Waals surface area (Å²) in [5.41, 5.74) is 3.49. The van der Waals surface area contributed by atoms with E-state index in [2.05, 4.69) is 49.4 Å². The van der Waals surface area contributed by atoms with Gasteiger partial charge in [0.15, 0.2) is 5.13 Å². The number of amides is 1. The Morgan fingerprint density at radius 1 is 1.09 bits per heavy atom. The van der Waals surface area contributed by atoms with Gasteiger partial charge < -0.3 is 29.9 Å². The summed E-state index contributed by atoms with van der Waals surface area (Å²) in [6, 6.07) is 6.14. The maximum Gasteiger partial charge on any atom is 0.222 e. The van der Waals surface area contributed by atoms with Gasteiger partial charge in [-0.1, -0.05) is 6.07 Å². The summed E-state index contributed by atoms with van der Waals surface area (Å²) in [4.78, 5) is 32.9. The Labute approximate surface area is 271 Å². The lowest BCUT2D eigenvalue weighted by atomic mass is 9.94. The third-order valence-electron chi connectivity index (χ3n) is 9.79. The fourth-order valence-electron chi connectivity index (χ4n) is 7.13. The van der Waals surface area contributed by atoms with Crippen molar-refractivity contribution >= 4 is 39.0 Å². The van der Waals surface area contributed by atoms with Crippen molar-refractivity contribution in [1.29, 1.82) is 0 Å². The number of hydrogen-bond acceptors (Lipinski definition) is 10. The quantitative estimate of drug-likeness (QED) is 0.340. The Bertz CT molecular complexity index is 1450. The van der Waals surface area contributed by atoms with E-state index in [4.69, 9.17) is 14.7 Å². The number of fused-ring (bicyclic) bond motifs is 1. The molecule has 3 saturated heterocycles. The topological polar surface area (TPSA) is 97.3 Å². The van der Waals surface area contributed by atoms with Crippen molar-refractivity contribution in [2.75, 3.05) is 82.4 Å². The predicted molar refractivity (Wildman–Crippen MR) is 182 cm³/mol. The van der Waals surface area contributed by atoms with E-state index in [9.17, 15) is 9.90 Å². The number of aryl methyl sites for hydroxylation is 1. The molecular formula is C34H49N7O3S. The fraction of sp³-hybridized carbons (Fsp3) is 0.618. The first-order valence-electron chi connectivity index (χ1n) is 16.6. The minimum absolute atomic E-state index is 0.0828. The summed E-state index contributed by atoms with van der Waals surface area (Å²) in [6.45, 7) is 12.8. The zero-order chi connectivity index (χ0) is 31.4. The molecular weight excluding hydrogens is 586 g/mol. The lowest BCUT2D eigenvalue weighted by molar-refractivity contribution is -0.122. The van der Waals surface area contributed by atoms with Crippen molar-refractivity contribution in [3.05, 3.63) is 41.0 Å². The number of aromatic nitrogens is 2. The minimum atomic E-state index is -0.606. The molecule has 2 N–H and O–H groups in total. The van der Waals surface area contributed by atoms with E-state index in [1.807, 2.05) is 19.2 Å². The molecule has 0 bridgehead atoms. The largest absolute Gasteiger partial charge is 0.494 e. The number of benzene rings is 1. The van der Waals surface area contributed by atoms with Crippen molar-refractivity contribution < 1.29 is 14.6 Å². The van der Waals surface area contributed by atoms with E-state index in [0.29, 0.717) is 13.0 Å².